The number of halogens is 1. The number of hydrogen-bond donors (Lipinski definition) is 1. The molecule has 0 saturated carbocycles. The number of piperidine rings is 1. The molecule has 1 N–H and O–H groups in total. The molecule has 1 aliphatic rings. The maximum absolute atomic E-state index is 12.6. The van der Waals surface area contributed by atoms with Crippen molar-refractivity contribution in [1.29, 1.82) is 0 Å². The van der Waals surface area contributed by atoms with Crippen LogP contribution in [0.25, 0.3) is 0 Å². The van der Waals surface area contributed by atoms with Crippen molar-refractivity contribution < 1.29 is 16.8 Å². The first-order valence-corrected chi connectivity index (χ1v) is 11.2. The number of nitrogens with one attached hydrogen (secondary N) is 1. The molecule has 1 saturated heterocycles. The van der Waals surface area contributed by atoms with Gasteiger partial charge in [-0.2, -0.15) is 0 Å². The molecule has 0 aliphatic carbocycles. The first kappa shape index (κ1) is 21.4. The van der Waals surface area contributed by atoms with Crippen LogP contribution in [-0.2, 0) is 19.9 Å². The van der Waals surface area contributed by atoms with Gasteiger partial charge >= 0.3 is 0 Å². The van der Waals surface area contributed by atoms with Gasteiger partial charge in [0.15, 0.2) is 9.84 Å². The summed E-state index contributed by atoms with van der Waals surface area (Å²) in [4.78, 5) is 1.99. The summed E-state index contributed by atoms with van der Waals surface area (Å²) in [5.41, 5.74) is 0. The Hall–Kier alpha value is -0.670. The van der Waals surface area contributed by atoms with Gasteiger partial charge in [-0.25, -0.2) is 21.6 Å². The van der Waals surface area contributed by atoms with Crippen molar-refractivity contribution in [3.05, 3.63) is 24.3 Å². The number of sulfonamides is 1. The quantitative estimate of drug-likeness (QED) is 0.790. The van der Waals surface area contributed by atoms with E-state index in [1.165, 1.54) is 24.3 Å². The number of sulfone groups is 1. The van der Waals surface area contributed by atoms with E-state index in [9.17, 15) is 16.8 Å². The standard InChI is InChI=1S/C15H24N2O4S2.ClH/c1-3-10-17-11-8-13(9-12-17)16-23(20,21)15-7-5-4-6-14(15)22(2,18)19;/h4-7,13,16H,3,8-12H2,1-2H3;1H. The zero-order valence-corrected chi connectivity index (χ0v) is 16.4. The largest absolute Gasteiger partial charge is 0.303 e. The molecule has 138 valence electrons. The van der Waals surface area contributed by atoms with Crippen LogP contribution in [0.5, 0.6) is 0 Å². The molecule has 1 fully saturated rings. The molecule has 0 unspecified atom stereocenters. The zero-order valence-electron chi connectivity index (χ0n) is 13.9. The van der Waals surface area contributed by atoms with Gasteiger partial charge in [0.25, 0.3) is 0 Å². The van der Waals surface area contributed by atoms with Crippen molar-refractivity contribution in [2.45, 2.75) is 42.0 Å². The fourth-order valence-corrected chi connectivity index (χ4v) is 5.79. The lowest BCUT2D eigenvalue weighted by Crippen LogP contribution is -2.44. The predicted molar refractivity (Wildman–Crippen MR) is 96.9 cm³/mol. The maximum atomic E-state index is 12.6. The van der Waals surface area contributed by atoms with E-state index in [1.54, 1.807) is 0 Å². The van der Waals surface area contributed by atoms with Gasteiger partial charge in [-0.05, 0) is 51.0 Å². The Morgan fingerprint density at radius 2 is 1.62 bits per heavy atom. The van der Waals surface area contributed by atoms with E-state index in [0.717, 1.165) is 45.2 Å². The Bertz CT molecular complexity index is 742. The van der Waals surface area contributed by atoms with Crippen LogP contribution in [0.2, 0.25) is 0 Å². The predicted octanol–water partition coefficient (Wildman–Crippen LogP) is 1.66. The van der Waals surface area contributed by atoms with Crippen LogP contribution >= 0.6 is 12.4 Å². The molecule has 2 rings (SSSR count). The van der Waals surface area contributed by atoms with Crippen LogP contribution in [0.15, 0.2) is 34.1 Å². The summed E-state index contributed by atoms with van der Waals surface area (Å²) in [6, 6.07) is 5.57. The number of rotatable bonds is 6. The van der Waals surface area contributed by atoms with Crippen molar-refractivity contribution in [3.63, 3.8) is 0 Å². The second kappa shape index (κ2) is 8.62. The Kier molecular flexibility index (Phi) is 7.68. The van der Waals surface area contributed by atoms with Crippen LogP contribution in [0.3, 0.4) is 0 Å². The molecule has 0 amide bonds. The van der Waals surface area contributed by atoms with Crippen LogP contribution in [0.1, 0.15) is 26.2 Å². The SMILES string of the molecule is CCCN1CCC(NS(=O)(=O)c2ccccc2S(C)(=O)=O)CC1.Cl. The number of benzene rings is 1. The fraction of sp³-hybridized carbons (Fsp3) is 0.600. The van der Waals surface area contributed by atoms with E-state index in [2.05, 4.69) is 16.5 Å². The van der Waals surface area contributed by atoms with Gasteiger partial charge in [-0.15, -0.1) is 12.4 Å². The van der Waals surface area contributed by atoms with Crippen LogP contribution < -0.4 is 4.72 Å². The lowest BCUT2D eigenvalue weighted by Gasteiger charge is -2.32. The smallest absolute Gasteiger partial charge is 0.242 e. The monoisotopic (exact) mass is 396 g/mol. The van der Waals surface area contributed by atoms with Crippen LogP contribution in [0, 0.1) is 0 Å². The Morgan fingerprint density at radius 3 is 2.12 bits per heavy atom. The summed E-state index contributed by atoms with van der Waals surface area (Å²) in [6.07, 6.45) is 3.57. The molecule has 1 aromatic rings. The Balaban J connectivity index is 0.00000288. The second-order valence-corrected chi connectivity index (χ2v) is 9.62. The summed E-state index contributed by atoms with van der Waals surface area (Å²) in [7, 11) is -7.45. The second-order valence-electron chi connectivity index (χ2n) is 5.96. The average Bonchev–Trinajstić information content (AvgIpc) is 2.48. The van der Waals surface area contributed by atoms with E-state index in [4.69, 9.17) is 0 Å². The first-order valence-electron chi connectivity index (χ1n) is 7.78. The number of nitrogens with zero attached hydrogens (tertiary/aromatic N) is 1. The molecule has 0 bridgehead atoms. The van der Waals surface area contributed by atoms with Gasteiger partial charge in [0, 0.05) is 12.3 Å². The molecule has 0 radical (unpaired) electrons. The summed E-state index contributed by atoms with van der Waals surface area (Å²) in [6.45, 7) is 4.86. The van der Waals surface area contributed by atoms with E-state index in [1.807, 2.05) is 0 Å². The first-order chi connectivity index (χ1) is 10.7. The molecule has 9 heteroatoms. The molecule has 0 spiro atoms. The average molecular weight is 397 g/mol. The van der Waals surface area contributed by atoms with Crippen molar-refractivity contribution in [3.8, 4) is 0 Å². The van der Waals surface area contributed by atoms with Crippen molar-refractivity contribution in [2.24, 2.45) is 0 Å². The highest BCUT2D eigenvalue weighted by Crippen LogP contribution is 2.22. The minimum atomic E-state index is -3.85. The molecule has 24 heavy (non-hydrogen) atoms. The Labute approximate surface area is 151 Å². The third-order valence-corrected chi connectivity index (χ3v) is 6.85. The summed E-state index contributed by atoms with van der Waals surface area (Å²) in [5, 5.41) is 0. The fourth-order valence-electron chi connectivity index (χ4n) is 2.85. The lowest BCUT2D eigenvalue weighted by atomic mass is 10.1. The zero-order chi connectivity index (χ0) is 17.1. The van der Waals surface area contributed by atoms with Gasteiger partial charge in [0.2, 0.25) is 10.0 Å². The number of likely N-dealkylation sites (tertiary alicyclic amines) is 1. The topological polar surface area (TPSA) is 83.6 Å². The van der Waals surface area contributed by atoms with E-state index < -0.39 is 19.9 Å². The van der Waals surface area contributed by atoms with Gasteiger partial charge in [0.1, 0.15) is 4.90 Å². The molecule has 1 aromatic carbocycles. The van der Waals surface area contributed by atoms with Gasteiger partial charge in [-0.3, -0.25) is 0 Å². The van der Waals surface area contributed by atoms with Gasteiger partial charge in [0.05, 0.1) is 4.90 Å². The minimum Gasteiger partial charge on any atom is -0.303 e. The summed E-state index contributed by atoms with van der Waals surface area (Å²) < 4.78 is 51.5. The molecule has 1 heterocycles. The third-order valence-electron chi connectivity index (χ3n) is 3.99. The molecule has 0 aromatic heterocycles. The highest BCUT2D eigenvalue weighted by Gasteiger charge is 2.28. The molecule has 6 nitrogen and oxygen atoms in total. The maximum Gasteiger partial charge on any atom is 0.242 e. The third kappa shape index (κ3) is 5.42. The lowest BCUT2D eigenvalue weighted by molar-refractivity contribution is 0.208. The van der Waals surface area contributed by atoms with Crippen molar-refractivity contribution in [2.75, 3.05) is 25.9 Å². The van der Waals surface area contributed by atoms with E-state index in [-0.39, 0.29) is 28.2 Å². The summed E-state index contributed by atoms with van der Waals surface area (Å²) >= 11 is 0. The van der Waals surface area contributed by atoms with Crippen LogP contribution in [0.4, 0.5) is 0 Å². The van der Waals surface area contributed by atoms with E-state index in [0.29, 0.717) is 0 Å². The van der Waals surface area contributed by atoms with Crippen LogP contribution in [-0.4, -0.2) is 53.7 Å². The van der Waals surface area contributed by atoms with E-state index >= 15 is 0 Å². The van der Waals surface area contributed by atoms with Gasteiger partial charge in [-0.1, -0.05) is 19.1 Å². The normalized spacial score (nSPS) is 17.4. The highest BCUT2D eigenvalue weighted by atomic mass is 35.5. The Morgan fingerprint density at radius 1 is 1.08 bits per heavy atom. The molecule has 0 atom stereocenters. The summed E-state index contributed by atoms with van der Waals surface area (Å²) in [5.74, 6) is 0. The highest BCUT2D eigenvalue weighted by molar-refractivity contribution is 7.93. The molecule has 1 aliphatic heterocycles. The van der Waals surface area contributed by atoms with Gasteiger partial charge < -0.3 is 4.90 Å². The van der Waals surface area contributed by atoms with Crippen molar-refractivity contribution >= 4 is 32.3 Å². The molecular weight excluding hydrogens is 372 g/mol. The number of hydrogen-bond acceptors (Lipinski definition) is 5. The van der Waals surface area contributed by atoms with Crippen molar-refractivity contribution in [1.82, 2.24) is 9.62 Å². The molecular formula is C15H25ClN2O4S2. The minimum absolute atomic E-state index is 0.